The van der Waals surface area contributed by atoms with Crippen molar-refractivity contribution in [3.63, 3.8) is 0 Å². The van der Waals surface area contributed by atoms with Gasteiger partial charge < -0.3 is 9.26 Å². The molecule has 1 aromatic rings. The minimum Gasteiger partial charge on any atom is -0.378 e. The molecule has 0 saturated heterocycles. The molecule has 2 rings (SSSR count). The number of rotatable bonds is 4. The van der Waals surface area contributed by atoms with Crippen LogP contribution >= 0.6 is 22.6 Å². The van der Waals surface area contributed by atoms with Crippen LogP contribution in [0.5, 0.6) is 0 Å². The van der Waals surface area contributed by atoms with Crippen molar-refractivity contribution in [3.8, 4) is 0 Å². The standard InChI is InChI=1S/C9H13IN2O2/c1-2-13-7-3-6(4-7)5-8-11-9(10)12-14-8/h6-7H,2-5H2,1H3. The van der Waals surface area contributed by atoms with Crippen molar-refractivity contribution in [2.24, 2.45) is 5.92 Å². The Labute approximate surface area is 96.5 Å². The van der Waals surface area contributed by atoms with Crippen LogP contribution in [0.3, 0.4) is 0 Å². The fraction of sp³-hybridized carbons (Fsp3) is 0.778. The minimum absolute atomic E-state index is 0.465. The average molecular weight is 308 g/mol. The molecule has 1 saturated carbocycles. The van der Waals surface area contributed by atoms with Crippen LogP contribution in [0.1, 0.15) is 25.7 Å². The van der Waals surface area contributed by atoms with Crippen LogP contribution in [0.2, 0.25) is 0 Å². The zero-order valence-electron chi connectivity index (χ0n) is 8.07. The van der Waals surface area contributed by atoms with E-state index < -0.39 is 0 Å². The Morgan fingerprint density at radius 3 is 2.93 bits per heavy atom. The quantitative estimate of drug-likeness (QED) is 0.799. The van der Waals surface area contributed by atoms with Crippen LogP contribution in [0.15, 0.2) is 4.52 Å². The Kier molecular flexibility index (Phi) is 3.38. The number of halogens is 1. The predicted octanol–water partition coefficient (Wildman–Crippen LogP) is 2.03. The van der Waals surface area contributed by atoms with Crippen molar-refractivity contribution >= 4 is 22.6 Å². The van der Waals surface area contributed by atoms with Gasteiger partial charge in [-0.1, -0.05) is 5.16 Å². The maximum absolute atomic E-state index is 5.48. The average Bonchev–Trinajstić information content (AvgIpc) is 2.48. The largest absolute Gasteiger partial charge is 0.378 e. The molecule has 0 amide bonds. The molecule has 78 valence electrons. The molecule has 1 aromatic heterocycles. The van der Waals surface area contributed by atoms with Gasteiger partial charge in [-0.25, -0.2) is 0 Å². The van der Waals surface area contributed by atoms with E-state index in [9.17, 15) is 0 Å². The van der Waals surface area contributed by atoms with Gasteiger partial charge in [0.1, 0.15) is 0 Å². The third kappa shape index (κ3) is 2.44. The van der Waals surface area contributed by atoms with Gasteiger partial charge in [0, 0.05) is 35.6 Å². The van der Waals surface area contributed by atoms with Crippen molar-refractivity contribution < 1.29 is 9.26 Å². The molecule has 0 aliphatic heterocycles. The number of aromatic nitrogens is 2. The van der Waals surface area contributed by atoms with E-state index in [1.54, 1.807) is 0 Å². The summed E-state index contributed by atoms with van der Waals surface area (Å²) >= 11 is 2.05. The van der Waals surface area contributed by atoms with Gasteiger partial charge in [-0.15, -0.1) is 0 Å². The van der Waals surface area contributed by atoms with Gasteiger partial charge in [-0.05, 0) is 25.7 Å². The lowest BCUT2D eigenvalue weighted by molar-refractivity contribution is -0.0258. The maximum atomic E-state index is 5.48. The smallest absolute Gasteiger partial charge is 0.232 e. The lowest BCUT2D eigenvalue weighted by atomic mass is 9.80. The van der Waals surface area contributed by atoms with E-state index in [1.165, 1.54) is 0 Å². The Bertz CT molecular complexity index is 297. The molecule has 0 N–H and O–H groups in total. The Balaban J connectivity index is 1.74. The van der Waals surface area contributed by atoms with E-state index in [4.69, 9.17) is 9.26 Å². The third-order valence-electron chi connectivity index (χ3n) is 2.50. The molecular formula is C9H13IN2O2. The summed E-state index contributed by atoms with van der Waals surface area (Å²) in [7, 11) is 0. The molecular weight excluding hydrogens is 295 g/mol. The second-order valence-electron chi connectivity index (χ2n) is 3.58. The van der Waals surface area contributed by atoms with Crippen molar-refractivity contribution in [1.82, 2.24) is 10.1 Å². The highest BCUT2D eigenvalue weighted by Crippen LogP contribution is 2.32. The van der Waals surface area contributed by atoms with E-state index in [2.05, 4.69) is 32.7 Å². The first-order valence-electron chi connectivity index (χ1n) is 4.87. The molecule has 5 heteroatoms. The Morgan fingerprint density at radius 2 is 2.36 bits per heavy atom. The van der Waals surface area contributed by atoms with Crippen LogP contribution in [-0.2, 0) is 11.2 Å². The molecule has 0 bridgehead atoms. The van der Waals surface area contributed by atoms with Crippen molar-refractivity contribution in [3.05, 3.63) is 9.72 Å². The molecule has 14 heavy (non-hydrogen) atoms. The van der Waals surface area contributed by atoms with Gasteiger partial charge in [-0.3, -0.25) is 0 Å². The Hall–Kier alpha value is -0.170. The first kappa shape index (κ1) is 10.4. The molecule has 1 aliphatic rings. The van der Waals surface area contributed by atoms with Gasteiger partial charge in [0.2, 0.25) is 9.72 Å². The summed E-state index contributed by atoms with van der Waals surface area (Å²) in [6.45, 7) is 2.85. The molecule has 1 aliphatic carbocycles. The van der Waals surface area contributed by atoms with E-state index in [0.29, 0.717) is 15.9 Å². The molecule has 4 nitrogen and oxygen atoms in total. The van der Waals surface area contributed by atoms with Gasteiger partial charge in [0.25, 0.3) is 0 Å². The van der Waals surface area contributed by atoms with E-state index in [-0.39, 0.29) is 0 Å². The fourth-order valence-electron chi connectivity index (χ4n) is 1.78. The summed E-state index contributed by atoms with van der Waals surface area (Å²) in [6, 6.07) is 0. The zero-order chi connectivity index (χ0) is 9.97. The van der Waals surface area contributed by atoms with Gasteiger partial charge in [0.15, 0.2) is 0 Å². The molecule has 0 atom stereocenters. The first-order chi connectivity index (χ1) is 6.78. The lowest BCUT2D eigenvalue weighted by Crippen LogP contribution is -2.32. The molecule has 0 aromatic carbocycles. The summed E-state index contributed by atoms with van der Waals surface area (Å²) in [4.78, 5) is 4.17. The normalized spacial score (nSPS) is 26.1. The second kappa shape index (κ2) is 4.57. The predicted molar refractivity (Wildman–Crippen MR) is 58.9 cm³/mol. The van der Waals surface area contributed by atoms with E-state index in [1.807, 2.05) is 6.92 Å². The molecule has 0 radical (unpaired) electrons. The number of nitrogens with zero attached hydrogens (tertiary/aromatic N) is 2. The number of ether oxygens (including phenoxy) is 1. The highest BCUT2D eigenvalue weighted by molar-refractivity contribution is 14.1. The molecule has 0 unspecified atom stereocenters. The second-order valence-corrected chi connectivity index (χ2v) is 4.54. The van der Waals surface area contributed by atoms with Crippen LogP contribution in [0.25, 0.3) is 0 Å². The van der Waals surface area contributed by atoms with Crippen molar-refractivity contribution in [2.75, 3.05) is 6.61 Å². The van der Waals surface area contributed by atoms with Gasteiger partial charge in [0.05, 0.1) is 6.10 Å². The van der Waals surface area contributed by atoms with Gasteiger partial charge >= 0.3 is 0 Å². The van der Waals surface area contributed by atoms with E-state index >= 15 is 0 Å². The monoisotopic (exact) mass is 308 g/mol. The van der Waals surface area contributed by atoms with Gasteiger partial charge in [-0.2, -0.15) is 4.98 Å². The summed E-state index contributed by atoms with van der Waals surface area (Å²) in [6.07, 6.45) is 3.63. The summed E-state index contributed by atoms with van der Waals surface area (Å²) < 4.78 is 11.2. The van der Waals surface area contributed by atoms with Crippen LogP contribution in [0.4, 0.5) is 0 Å². The zero-order valence-corrected chi connectivity index (χ0v) is 10.2. The highest BCUT2D eigenvalue weighted by Gasteiger charge is 2.30. The topological polar surface area (TPSA) is 48.2 Å². The maximum Gasteiger partial charge on any atom is 0.232 e. The molecule has 0 spiro atoms. The summed E-state index contributed by atoms with van der Waals surface area (Å²) in [5.41, 5.74) is 0. The van der Waals surface area contributed by atoms with Crippen LogP contribution < -0.4 is 0 Å². The third-order valence-corrected chi connectivity index (χ3v) is 2.94. The highest BCUT2D eigenvalue weighted by atomic mass is 127. The molecule has 1 heterocycles. The van der Waals surface area contributed by atoms with Crippen LogP contribution in [-0.4, -0.2) is 22.9 Å². The first-order valence-corrected chi connectivity index (χ1v) is 5.95. The number of hydrogen-bond donors (Lipinski definition) is 0. The summed E-state index contributed by atoms with van der Waals surface area (Å²) in [5.74, 6) is 1.43. The minimum atomic E-state index is 0.465. The van der Waals surface area contributed by atoms with Crippen molar-refractivity contribution in [2.45, 2.75) is 32.3 Å². The SMILES string of the molecule is CCOC1CC(Cc2nc(I)no2)C1. The van der Waals surface area contributed by atoms with Crippen LogP contribution in [0, 0.1) is 9.75 Å². The van der Waals surface area contributed by atoms with Crippen molar-refractivity contribution in [1.29, 1.82) is 0 Å². The van der Waals surface area contributed by atoms with E-state index in [0.717, 1.165) is 31.8 Å². The summed E-state index contributed by atoms with van der Waals surface area (Å²) in [5, 5.41) is 3.75. The molecule has 1 fully saturated rings. The number of hydrogen-bond acceptors (Lipinski definition) is 4. The fourth-order valence-corrected chi connectivity index (χ4v) is 2.14. The lowest BCUT2D eigenvalue weighted by Gasteiger charge is -2.33. The Morgan fingerprint density at radius 1 is 1.57 bits per heavy atom.